The number of sulfonamides is 1. The zero-order valence-corrected chi connectivity index (χ0v) is 19.7. The van der Waals surface area contributed by atoms with Crippen molar-refractivity contribution in [1.29, 1.82) is 0 Å². The predicted molar refractivity (Wildman–Crippen MR) is 128 cm³/mol. The van der Waals surface area contributed by atoms with Crippen LogP contribution in [0.15, 0.2) is 71.6 Å². The first-order valence-electron chi connectivity index (χ1n) is 9.15. The summed E-state index contributed by atoms with van der Waals surface area (Å²) in [7, 11) is -4.21. The fraction of sp³-hybridized carbons (Fsp3) is 0.0870. The maximum atomic E-state index is 13.5. The van der Waals surface area contributed by atoms with Gasteiger partial charge in [-0.2, -0.15) is 4.31 Å². The van der Waals surface area contributed by atoms with Gasteiger partial charge in [-0.05, 0) is 79.1 Å². The molecule has 0 radical (unpaired) electrons. The van der Waals surface area contributed by atoms with Crippen molar-refractivity contribution < 1.29 is 13.2 Å². The average molecular weight is 495 g/mol. The summed E-state index contributed by atoms with van der Waals surface area (Å²) in [5.41, 5.74) is 2.25. The molecule has 0 fully saturated rings. The molecule has 4 nitrogen and oxygen atoms in total. The molecule has 0 spiro atoms. The summed E-state index contributed by atoms with van der Waals surface area (Å²) in [5.74, 6) is -0.741. The lowest BCUT2D eigenvalue weighted by atomic mass is 10.1. The summed E-state index contributed by atoms with van der Waals surface area (Å²) >= 11 is 18.0. The molecule has 0 aliphatic carbocycles. The Labute approximate surface area is 196 Å². The van der Waals surface area contributed by atoms with E-state index in [1.54, 1.807) is 37.3 Å². The van der Waals surface area contributed by atoms with Gasteiger partial charge < -0.3 is 0 Å². The Morgan fingerprint density at radius 1 is 0.871 bits per heavy atom. The van der Waals surface area contributed by atoms with Crippen LogP contribution in [0.1, 0.15) is 16.7 Å². The summed E-state index contributed by atoms with van der Waals surface area (Å²) < 4.78 is 27.7. The second kappa shape index (κ2) is 9.45. The van der Waals surface area contributed by atoms with Crippen LogP contribution in [0.5, 0.6) is 0 Å². The smallest absolute Gasteiger partial charge is 0.268 e. The number of aryl methyl sites for hydroxylation is 2. The molecule has 0 aliphatic rings. The zero-order valence-electron chi connectivity index (χ0n) is 16.6. The van der Waals surface area contributed by atoms with E-state index in [9.17, 15) is 13.2 Å². The highest BCUT2D eigenvalue weighted by Gasteiger charge is 2.31. The van der Waals surface area contributed by atoms with E-state index < -0.39 is 15.9 Å². The number of anilines is 1. The molecule has 0 N–H and O–H groups in total. The molecule has 3 aromatic carbocycles. The van der Waals surface area contributed by atoms with E-state index in [2.05, 4.69) is 0 Å². The van der Waals surface area contributed by atoms with E-state index in [0.717, 1.165) is 9.87 Å². The molecule has 8 heteroatoms. The SMILES string of the molecule is Cc1ccc(C)c(N(C(=O)/C=C/c2ccc(Cl)cc2Cl)S(=O)(=O)c2ccc(Cl)cc2)c1. The molecule has 0 heterocycles. The van der Waals surface area contributed by atoms with Crippen LogP contribution in [0.4, 0.5) is 5.69 Å². The van der Waals surface area contributed by atoms with Crippen LogP contribution in [0, 0.1) is 13.8 Å². The first-order valence-corrected chi connectivity index (χ1v) is 11.7. The van der Waals surface area contributed by atoms with Crippen molar-refractivity contribution in [3.05, 3.63) is 98.5 Å². The Balaban J connectivity index is 2.11. The first kappa shape index (κ1) is 23.4. The number of amides is 1. The molecule has 3 rings (SSSR count). The Hall–Kier alpha value is -2.31. The number of nitrogens with zero attached hydrogens (tertiary/aromatic N) is 1. The van der Waals surface area contributed by atoms with Gasteiger partial charge in [0.05, 0.1) is 10.6 Å². The van der Waals surface area contributed by atoms with Crippen LogP contribution in [-0.2, 0) is 14.8 Å². The van der Waals surface area contributed by atoms with Crippen LogP contribution in [-0.4, -0.2) is 14.3 Å². The van der Waals surface area contributed by atoms with Crippen molar-refractivity contribution in [2.45, 2.75) is 18.7 Å². The molecule has 160 valence electrons. The Morgan fingerprint density at radius 2 is 1.52 bits per heavy atom. The molecule has 0 aliphatic heterocycles. The fourth-order valence-corrected chi connectivity index (χ4v) is 4.92. The molecule has 31 heavy (non-hydrogen) atoms. The number of rotatable bonds is 5. The van der Waals surface area contributed by atoms with E-state index >= 15 is 0 Å². The Kier molecular flexibility index (Phi) is 7.12. The number of carbonyl (C=O) groups is 1. The van der Waals surface area contributed by atoms with Crippen molar-refractivity contribution in [1.82, 2.24) is 0 Å². The molecule has 1 amide bonds. The summed E-state index contributed by atoms with van der Waals surface area (Å²) in [6.07, 6.45) is 2.63. The minimum atomic E-state index is -4.21. The number of hydrogen-bond acceptors (Lipinski definition) is 3. The average Bonchev–Trinajstić information content (AvgIpc) is 2.70. The minimum Gasteiger partial charge on any atom is -0.268 e. The second-order valence-corrected chi connectivity index (χ2v) is 9.92. The standard InChI is InChI=1S/C23H18Cl3NO3S/c1-15-3-4-16(2)22(13-15)27(31(29,30)20-10-8-18(24)9-11-20)23(28)12-6-17-5-7-19(25)14-21(17)26/h3-14H,1-2H3/b12-6+. The number of benzene rings is 3. The molecular formula is C23H18Cl3NO3S. The largest absolute Gasteiger partial charge is 0.271 e. The van der Waals surface area contributed by atoms with Crippen molar-refractivity contribution in [3.8, 4) is 0 Å². The highest BCUT2D eigenvalue weighted by Crippen LogP contribution is 2.29. The topological polar surface area (TPSA) is 54.5 Å². The molecule has 0 atom stereocenters. The predicted octanol–water partition coefficient (Wildman–Crippen LogP) is 6.70. The highest BCUT2D eigenvalue weighted by atomic mass is 35.5. The van der Waals surface area contributed by atoms with Gasteiger partial charge >= 0.3 is 0 Å². The van der Waals surface area contributed by atoms with Crippen LogP contribution in [0.2, 0.25) is 15.1 Å². The Bertz CT molecular complexity index is 1270. The van der Waals surface area contributed by atoms with Gasteiger partial charge in [0.25, 0.3) is 15.9 Å². The van der Waals surface area contributed by atoms with Gasteiger partial charge in [-0.1, -0.05) is 53.0 Å². The first-order chi connectivity index (χ1) is 14.6. The van der Waals surface area contributed by atoms with Gasteiger partial charge in [-0.3, -0.25) is 4.79 Å². The maximum Gasteiger partial charge on any atom is 0.271 e. The van der Waals surface area contributed by atoms with Crippen LogP contribution >= 0.6 is 34.8 Å². The number of carbonyl (C=O) groups excluding carboxylic acids is 1. The van der Waals surface area contributed by atoms with Crippen molar-refractivity contribution in [2.24, 2.45) is 0 Å². The van der Waals surface area contributed by atoms with Gasteiger partial charge in [0.2, 0.25) is 0 Å². The second-order valence-electron chi connectivity index (χ2n) is 6.85. The third-order valence-corrected chi connectivity index (χ3v) is 7.04. The van der Waals surface area contributed by atoms with Gasteiger partial charge in [0.1, 0.15) is 0 Å². The Morgan fingerprint density at radius 3 is 2.16 bits per heavy atom. The van der Waals surface area contributed by atoms with E-state index in [1.807, 2.05) is 13.0 Å². The molecule has 0 unspecified atom stereocenters. The van der Waals surface area contributed by atoms with E-state index in [1.165, 1.54) is 36.4 Å². The lowest BCUT2D eigenvalue weighted by Crippen LogP contribution is -2.36. The molecular weight excluding hydrogens is 477 g/mol. The van der Waals surface area contributed by atoms with Crippen LogP contribution < -0.4 is 4.31 Å². The molecule has 3 aromatic rings. The van der Waals surface area contributed by atoms with Gasteiger partial charge in [-0.25, -0.2) is 8.42 Å². The molecule has 0 saturated carbocycles. The molecule has 0 aromatic heterocycles. The molecule has 0 saturated heterocycles. The van der Waals surface area contributed by atoms with Crippen LogP contribution in [0.25, 0.3) is 6.08 Å². The summed E-state index contributed by atoms with van der Waals surface area (Å²) in [5, 5.41) is 1.19. The minimum absolute atomic E-state index is 0.0518. The van der Waals surface area contributed by atoms with Gasteiger partial charge in [0, 0.05) is 21.1 Å². The fourth-order valence-electron chi connectivity index (χ4n) is 2.88. The van der Waals surface area contributed by atoms with E-state index in [0.29, 0.717) is 26.2 Å². The molecule has 0 bridgehead atoms. The van der Waals surface area contributed by atoms with Crippen molar-refractivity contribution in [3.63, 3.8) is 0 Å². The third kappa shape index (κ3) is 5.31. The lowest BCUT2D eigenvalue weighted by Gasteiger charge is -2.23. The summed E-state index contributed by atoms with van der Waals surface area (Å²) in [6.45, 7) is 3.57. The van der Waals surface area contributed by atoms with E-state index in [-0.39, 0.29) is 10.6 Å². The zero-order chi connectivity index (χ0) is 22.8. The number of hydrogen-bond donors (Lipinski definition) is 0. The number of halogens is 3. The van der Waals surface area contributed by atoms with Gasteiger partial charge in [-0.15, -0.1) is 0 Å². The quantitative estimate of drug-likeness (QED) is 0.371. The normalized spacial score (nSPS) is 11.6. The monoisotopic (exact) mass is 493 g/mol. The maximum absolute atomic E-state index is 13.5. The lowest BCUT2D eigenvalue weighted by molar-refractivity contribution is -0.113. The van der Waals surface area contributed by atoms with E-state index in [4.69, 9.17) is 34.8 Å². The highest BCUT2D eigenvalue weighted by molar-refractivity contribution is 7.93. The summed E-state index contributed by atoms with van der Waals surface area (Å²) in [4.78, 5) is 13.2. The third-order valence-electron chi connectivity index (χ3n) is 4.50. The van der Waals surface area contributed by atoms with Crippen molar-refractivity contribution >= 4 is 62.5 Å². The van der Waals surface area contributed by atoms with Crippen molar-refractivity contribution in [2.75, 3.05) is 4.31 Å². The summed E-state index contributed by atoms with van der Waals surface area (Å²) in [6, 6.07) is 15.7. The van der Waals surface area contributed by atoms with Gasteiger partial charge in [0.15, 0.2) is 0 Å². The van der Waals surface area contributed by atoms with Crippen LogP contribution in [0.3, 0.4) is 0 Å².